The molecule has 2 N–H and O–H groups in total. The summed E-state index contributed by atoms with van der Waals surface area (Å²) in [4.78, 5) is 22.9. The van der Waals surface area contributed by atoms with Crippen molar-refractivity contribution in [2.75, 3.05) is 13.1 Å². The Morgan fingerprint density at radius 2 is 1.80 bits per heavy atom. The SMILES string of the molecule is O=C(c1c[nH]c2ccccc12)N1C[C@H]2C[C@@H](n3cnc4ccccc43)[C@H](O)C[C@H]2C1. The Morgan fingerprint density at radius 1 is 1.03 bits per heavy atom. The largest absolute Gasteiger partial charge is 0.391 e. The molecule has 2 aromatic carbocycles. The van der Waals surface area contributed by atoms with E-state index in [-0.39, 0.29) is 11.9 Å². The molecule has 1 aliphatic heterocycles. The third-order valence-corrected chi connectivity index (χ3v) is 7.05. The Morgan fingerprint density at radius 3 is 2.70 bits per heavy atom. The molecule has 0 unspecified atom stereocenters. The predicted octanol–water partition coefficient (Wildman–Crippen LogP) is 3.60. The van der Waals surface area contributed by atoms with Gasteiger partial charge in [0, 0.05) is 30.2 Å². The van der Waals surface area contributed by atoms with Crippen molar-refractivity contribution < 1.29 is 9.90 Å². The first kappa shape index (κ1) is 17.7. The summed E-state index contributed by atoms with van der Waals surface area (Å²) in [5.41, 5.74) is 3.74. The highest BCUT2D eigenvalue weighted by Gasteiger charge is 2.44. The minimum absolute atomic E-state index is 0.00166. The van der Waals surface area contributed by atoms with Gasteiger partial charge in [-0.3, -0.25) is 4.79 Å². The zero-order valence-electron chi connectivity index (χ0n) is 16.6. The predicted molar refractivity (Wildman–Crippen MR) is 115 cm³/mol. The maximum Gasteiger partial charge on any atom is 0.256 e. The fraction of sp³-hybridized carbons (Fsp3) is 0.333. The number of rotatable bonds is 2. The van der Waals surface area contributed by atoms with E-state index < -0.39 is 6.10 Å². The number of hydrogen-bond acceptors (Lipinski definition) is 3. The minimum Gasteiger partial charge on any atom is -0.391 e. The number of benzene rings is 2. The lowest BCUT2D eigenvalue weighted by molar-refractivity contribution is 0.0374. The van der Waals surface area contributed by atoms with Crippen LogP contribution in [0.25, 0.3) is 21.9 Å². The van der Waals surface area contributed by atoms with E-state index in [9.17, 15) is 9.90 Å². The number of aliphatic hydroxyl groups is 1. The fourth-order valence-electron chi connectivity index (χ4n) is 5.53. The van der Waals surface area contributed by atoms with Gasteiger partial charge >= 0.3 is 0 Å². The van der Waals surface area contributed by atoms with E-state index in [0.717, 1.165) is 53.4 Å². The zero-order chi connectivity index (χ0) is 20.2. The average molecular weight is 400 g/mol. The molecule has 6 heteroatoms. The van der Waals surface area contributed by atoms with Crippen LogP contribution in [0, 0.1) is 11.8 Å². The van der Waals surface area contributed by atoms with Gasteiger partial charge in [-0.15, -0.1) is 0 Å². The Labute approximate surface area is 174 Å². The van der Waals surface area contributed by atoms with Gasteiger partial charge in [-0.2, -0.15) is 0 Å². The molecule has 1 saturated carbocycles. The minimum atomic E-state index is -0.424. The summed E-state index contributed by atoms with van der Waals surface area (Å²) in [5.74, 6) is 0.829. The van der Waals surface area contributed by atoms with Crippen LogP contribution >= 0.6 is 0 Å². The van der Waals surface area contributed by atoms with Crippen LogP contribution in [0.4, 0.5) is 0 Å². The molecule has 2 aliphatic rings. The molecular weight excluding hydrogens is 376 g/mol. The Hall–Kier alpha value is -3.12. The maximum absolute atomic E-state index is 13.3. The van der Waals surface area contributed by atoms with Gasteiger partial charge in [0.1, 0.15) is 0 Å². The smallest absolute Gasteiger partial charge is 0.256 e. The van der Waals surface area contributed by atoms with Gasteiger partial charge in [-0.25, -0.2) is 4.98 Å². The number of fused-ring (bicyclic) bond motifs is 3. The molecule has 0 bridgehead atoms. The number of para-hydroxylation sites is 3. The number of carbonyl (C=O) groups is 1. The van der Waals surface area contributed by atoms with E-state index in [2.05, 4.69) is 20.6 Å². The molecule has 4 atom stereocenters. The van der Waals surface area contributed by atoms with Gasteiger partial charge in [0.25, 0.3) is 5.91 Å². The molecule has 6 nitrogen and oxygen atoms in total. The highest BCUT2D eigenvalue weighted by Crippen LogP contribution is 2.42. The molecule has 4 aromatic rings. The van der Waals surface area contributed by atoms with E-state index in [1.54, 1.807) is 0 Å². The fourth-order valence-corrected chi connectivity index (χ4v) is 5.53. The summed E-state index contributed by atoms with van der Waals surface area (Å²) in [6, 6.07) is 16.0. The van der Waals surface area contributed by atoms with Crippen molar-refractivity contribution in [3.05, 3.63) is 66.6 Å². The first-order valence-electron chi connectivity index (χ1n) is 10.6. The van der Waals surface area contributed by atoms with Crippen LogP contribution < -0.4 is 0 Å². The molecule has 2 aromatic heterocycles. The molecule has 30 heavy (non-hydrogen) atoms. The summed E-state index contributed by atoms with van der Waals surface area (Å²) in [6.45, 7) is 1.47. The highest BCUT2D eigenvalue weighted by atomic mass is 16.3. The van der Waals surface area contributed by atoms with Crippen LogP contribution in [0.2, 0.25) is 0 Å². The number of aromatic nitrogens is 3. The number of aromatic amines is 1. The maximum atomic E-state index is 13.3. The van der Waals surface area contributed by atoms with E-state index in [1.807, 2.05) is 59.9 Å². The van der Waals surface area contributed by atoms with Gasteiger partial charge in [0.15, 0.2) is 0 Å². The first-order valence-corrected chi connectivity index (χ1v) is 10.6. The van der Waals surface area contributed by atoms with Crippen LogP contribution in [0.3, 0.4) is 0 Å². The number of H-pyrrole nitrogens is 1. The number of nitrogens with one attached hydrogen (secondary N) is 1. The normalized spacial score (nSPS) is 26.4. The van der Waals surface area contributed by atoms with Crippen molar-refractivity contribution in [1.29, 1.82) is 0 Å². The molecule has 3 heterocycles. The summed E-state index contributed by atoms with van der Waals surface area (Å²) < 4.78 is 2.13. The van der Waals surface area contributed by atoms with Crippen LogP contribution in [-0.2, 0) is 0 Å². The molecule has 6 rings (SSSR count). The van der Waals surface area contributed by atoms with Crippen molar-refractivity contribution in [2.24, 2.45) is 11.8 Å². The Bertz CT molecular complexity index is 1240. The van der Waals surface area contributed by atoms with Crippen LogP contribution in [-0.4, -0.2) is 49.6 Å². The van der Waals surface area contributed by atoms with Crippen molar-refractivity contribution in [2.45, 2.75) is 25.0 Å². The number of likely N-dealkylation sites (tertiary alicyclic amines) is 1. The standard InChI is InChI=1S/C24H24N4O2/c29-23-10-16-13-27(24(30)18-11-25-19-6-2-1-5-17(18)19)12-15(16)9-22(23)28-14-26-20-7-3-4-8-21(20)28/h1-8,11,14-16,22-23,25,29H,9-10,12-13H2/t15-,16+,22-,23-/m1/s1. The topological polar surface area (TPSA) is 74.2 Å². The summed E-state index contributed by atoms with van der Waals surface area (Å²) in [5, 5.41) is 11.9. The van der Waals surface area contributed by atoms with Gasteiger partial charge in [0.2, 0.25) is 0 Å². The van der Waals surface area contributed by atoms with Gasteiger partial charge in [-0.1, -0.05) is 30.3 Å². The Balaban J connectivity index is 1.25. The second kappa shape index (κ2) is 6.71. The van der Waals surface area contributed by atoms with Gasteiger partial charge < -0.3 is 19.6 Å². The number of imidazole rings is 1. The third kappa shape index (κ3) is 2.67. The van der Waals surface area contributed by atoms with E-state index >= 15 is 0 Å². The number of nitrogens with zero attached hydrogens (tertiary/aromatic N) is 3. The number of hydrogen-bond donors (Lipinski definition) is 2. The second-order valence-corrected chi connectivity index (χ2v) is 8.72. The van der Waals surface area contributed by atoms with Gasteiger partial charge in [0.05, 0.1) is 35.1 Å². The highest BCUT2D eigenvalue weighted by molar-refractivity contribution is 6.06. The van der Waals surface area contributed by atoms with Crippen LogP contribution in [0.1, 0.15) is 29.2 Å². The van der Waals surface area contributed by atoms with Crippen molar-refractivity contribution in [3.63, 3.8) is 0 Å². The lowest BCUT2D eigenvalue weighted by Gasteiger charge is -2.36. The zero-order valence-corrected chi connectivity index (χ0v) is 16.6. The summed E-state index contributed by atoms with van der Waals surface area (Å²) in [7, 11) is 0. The van der Waals surface area contributed by atoms with Crippen molar-refractivity contribution >= 4 is 27.8 Å². The number of amides is 1. The average Bonchev–Trinajstić information content (AvgIpc) is 3.48. The molecular formula is C24H24N4O2. The molecule has 1 saturated heterocycles. The lowest BCUT2D eigenvalue weighted by Crippen LogP contribution is -2.36. The summed E-state index contributed by atoms with van der Waals surface area (Å²) in [6.07, 6.45) is 4.84. The Kier molecular flexibility index (Phi) is 3.96. The third-order valence-electron chi connectivity index (χ3n) is 7.05. The van der Waals surface area contributed by atoms with Crippen LogP contribution in [0.15, 0.2) is 61.1 Å². The molecule has 2 fully saturated rings. The first-order chi connectivity index (χ1) is 14.7. The molecule has 152 valence electrons. The van der Waals surface area contributed by atoms with E-state index in [4.69, 9.17) is 0 Å². The van der Waals surface area contributed by atoms with Crippen LogP contribution in [0.5, 0.6) is 0 Å². The number of carbonyl (C=O) groups excluding carboxylic acids is 1. The monoisotopic (exact) mass is 400 g/mol. The lowest BCUT2D eigenvalue weighted by atomic mass is 9.77. The molecule has 0 spiro atoms. The van der Waals surface area contributed by atoms with Crippen molar-refractivity contribution in [3.8, 4) is 0 Å². The number of aliphatic hydroxyl groups excluding tert-OH is 1. The quantitative estimate of drug-likeness (QED) is 0.540. The molecule has 0 radical (unpaired) electrons. The van der Waals surface area contributed by atoms with E-state index in [0.29, 0.717) is 11.8 Å². The van der Waals surface area contributed by atoms with Crippen molar-refractivity contribution in [1.82, 2.24) is 19.4 Å². The molecule has 1 aliphatic carbocycles. The summed E-state index contributed by atoms with van der Waals surface area (Å²) >= 11 is 0. The molecule has 1 amide bonds. The second-order valence-electron chi connectivity index (χ2n) is 8.72. The van der Waals surface area contributed by atoms with E-state index in [1.165, 1.54) is 0 Å². The van der Waals surface area contributed by atoms with Gasteiger partial charge in [-0.05, 0) is 42.9 Å².